The lowest BCUT2D eigenvalue weighted by atomic mass is 9.93. The molecule has 0 spiro atoms. The Hall–Kier alpha value is -2.21. The number of nitrogens with two attached hydrogens (primary N) is 1. The number of carbonyl (C=O) groups excluding carboxylic acids is 2. The molecule has 128 valence electrons. The lowest BCUT2D eigenvalue weighted by Gasteiger charge is -2.22. The third-order valence-corrected chi connectivity index (χ3v) is 5.15. The van der Waals surface area contributed by atoms with Crippen LogP contribution in [0.15, 0.2) is 30.3 Å². The van der Waals surface area contributed by atoms with Crippen LogP contribution in [0.1, 0.15) is 52.1 Å². The Morgan fingerprint density at radius 3 is 2.54 bits per heavy atom. The molecule has 24 heavy (non-hydrogen) atoms. The number of aromatic nitrogens is 1. The number of carbonyl (C=O) groups is 2. The third kappa shape index (κ3) is 4.20. The molecule has 3 N–H and O–H groups in total. The molecular formula is C18H23N3O2S. The number of primary amides is 1. The number of hydrogen-bond acceptors (Lipinski definition) is 4. The molecule has 2 amide bonds. The molecule has 5 nitrogen and oxygen atoms in total. The van der Waals surface area contributed by atoms with Crippen molar-refractivity contribution in [1.29, 1.82) is 0 Å². The fourth-order valence-electron chi connectivity index (χ4n) is 2.58. The summed E-state index contributed by atoms with van der Waals surface area (Å²) in [6.45, 7) is 5.76. The lowest BCUT2D eigenvalue weighted by Crippen LogP contribution is -2.47. The summed E-state index contributed by atoms with van der Waals surface area (Å²) >= 11 is 1.38. The monoisotopic (exact) mass is 345 g/mol. The van der Waals surface area contributed by atoms with Gasteiger partial charge in [0.05, 0.1) is 10.7 Å². The molecule has 6 heteroatoms. The number of aryl methyl sites for hydroxylation is 2. The molecule has 2 aromatic rings. The van der Waals surface area contributed by atoms with Gasteiger partial charge in [-0.3, -0.25) is 9.59 Å². The Bertz CT molecular complexity index is 712. The summed E-state index contributed by atoms with van der Waals surface area (Å²) in [5.74, 6) is -1.05. The standard InChI is InChI=1S/C18H23N3O2S/c1-4-8-14-20-12(3)16(24-14)18(23)21-15(17(19)22)11(2)13-9-6-5-7-10-13/h5-7,9-11,15H,4,8H2,1-3H3,(H2,19,22)(H,21,23)/t11-,15+/m0/s1. The minimum atomic E-state index is -0.768. The number of benzene rings is 1. The minimum Gasteiger partial charge on any atom is -0.368 e. The molecule has 0 fully saturated rings. The molecule has 0 unspecified atom stereocenters. The molecule has 0 saturated carbocycles. The van der Waals surface area contributed by atoms with Crippen LogP contribution < -0.4 is 11.1 Å². The first-order valence-corrected chi connectivity index (χ1v) is 8.87. The molecule has 1 aromatic heterocycles. The van der Waals surface area contributed by atoms with Gasteiger partial charge in [0.25, 0.3) is 5.91 Å². The predicted molar refractivity (Wildman–Crippen MR) is 96.2 cm³/mol. The van der Waals surface area contributed by atoms with Gasteiger partial charge in [0.2, 0.25) is 5.91 Å². The van der Waals surface area contributed by atoms with Crippen LogP contribution in [0.5, 0.6) is 0 Å². The molecule has 1 aromatic carbocycles. The van der Waals surface area contributed by atoms with Crippen molar-refractivity contribution in [2.45, 2.75) is 45.6 Å². The Morgan fingerprint density at radius 2 is 1.96 bits per heavy atom. The highest BCUT2D eigenvalue weighted by Crippen LogP contribution is 2.22. The van der Waals surface area contributed by atoms with Gasteiger partial charge in [-0.05, 0) is 25.3 Å². The van der Waals surface area contributed by atoms with Crippen molar-refractivity contribution in [3.8, 4) is 0 Å². The zero-order valence-corrected chi connectivity index (χ0v) is 15.0. The Kier molecular flexibility index (Phi) is 6.09. The fraction of sp³-hybridized carbons (Fsp3) is 0.389. The van der Waals surface area contributed by atoms with E-state index < -0.39 is 11.9 Å². The van der Waals surface area contributed by atoms with Crippen LogP contribution in [0.25, 0.3) is 0 Å². The molecule has 1 heterocycles. The molecule has 2 rings (SSSR count). The number of nitrogens with one attached hydrogen (secondary N) is 1. The minimum absolute atomic E-state index is 0.212. The van der Waals surface area contributed by atoms with Gasteiger partial charge < -0.3 is 11.1 Å². The van der Waals surface area contributed by atoms with Gasteiger partial charge in [-0.15, -0.1) is 11.3 Å². The van der Waals surface area contributed by atoms with Crippen LogP contribution in [0.4, 0.5) is 0 Å². The average Bonchev–Trinajstić information content (AvgIpc) is 2.93. The Balaban J connectivity index is 2.18. The van der Waals surface area contributed by atoms with E-state index in [1.54, 1.807) is 0 Å². The third-order valence-electron chi connectivity index (χ3n) is 3.93. The normalized spacial score (nSPS) is 13.3. The molecule has 0 aliphatic carbocycles. The second kappa shape index (κ2) is 8.06. The number of hydrogen-bond donors (Lipinski definition) is 2. The molecule has 0 radical (unpaired) electrons. The molecule has 0 bridgehead atoms. The summed E-state index contributed by atoms with van der Waals surface area (Å²) in [5.41, 5.74) is 7.17. The van der Waals surface area contributed by atoms with Crippen molar-refractivity contribution in [3.63, 3.8) is 0 Å². The topological polar surface area (TPSA) is 85.1 Å². The van der Waals surface area contributed by atoms with Gasteiger partial charge >= 0.3 is 0 Å². The van der Waals surface area contributed by atoms with E-state index in [2.05, 4.69) is 17.2 Å². The summed E-state index contributed by atoms with van der Waals surface area (Å²) in [6.07, 6.45) is 1.82. The van der Waals surface area contributed by atoms with Crippen molar-refractivity contribution in [2.75, 3.05) is 0 Å². The quantitative estimate of drug-likeness (QED) is 0.809. The highest BCUT2D eigenvalue weighted by Gasteiger charge is 2.27. The number of rotatable bonds is 7. The zero-order valence-electron chi connectivity index (χ0n) is 14.2. The van der Waals surface area contributed by atoms with E-state index in [4.69, 9.17) is 5.73 Å². The fourth-order valence-corrected chi connectivity index (χ4v) is 3.65. The maximum absolute atomic E-state index is 12.6. The molecule has 2 atom stereocenters. The second-order valence-corrected chi connectivity index (χ2v) is 6.91. The summed E-state index contributed by atoms with van der Waals surface area (Å²) in [6, 6.07) is 8.78. The number of amides is 2. The Labute approximate surface area is 146 Å². The SMILES string of the molecule is CCCc1nc(C)c(C(=O)N[C@@H](C(N)=O)[C@@H](C)c2ccccc2)s1. The van der Waals surface area contributed by atoms with Crippen LogP contribution in [-0.2, 0) is 11.2 Å². The first kappa shape index (κ1) is 18.1. The second-order valence-electron chi connectivity index (χ2n) is 5.82. The van der Waals surface area contributed by atoms with Crippen LogP contribution >= 0.6 is 11.3 Å². The zero-order chi connectivity index (χ0) is 17.7. The number of thiazole rings is 1. The maximum Gasteiger partial charge on any atom is 0.263 e. The van der Waals surface area contributed by atoms with Crippen LogP contribution in [-0.4, -0.2) is 22.8 Å². The van der Waals surface area contributed by atoms with E-state index in [1.165, 1.54) is 11.3 Å². The van der Waals surface area contributed by atoms with Gasteiger partial charge in [-0.25, -0.2) is 4.98 Å². The van der Waals surface area contributed by atoms with E-state index >= 15 is 0 Å². The van der Waals surface area contributed by atoms with Crippen molar-refractivity contribution in [1.82, 2.24) is 10.3 Å². The van der Waals surface area contributed by atoms with Gasteiger partial charge in [0.15, 0.2) is 0 Å². The molecule has 0 aliphatic rings. The van der Waals surface area contributed by atoms with E-state index in [0.29, 0.717) is 10.6 Å². The maximum atomic E-state index is 12.6. The van der Waals surface area contributed by atoms with Crippen molar-refractivity contribution in [2.24, 2.45) is 5.73 Å². The van der Waals surface area contributed by atoms with E-state index in [9.17, 15) is 9.59 Å². The van der Waals surface area contributed by atoms with E-state index in [1.807, 2.05) is 44.2 Å². The molecule has 0 saturated heterocycles. The first-order valence-electron chi connectivity index (χ1n) is 8.05. The lowest BCUT2D eigenvalue weighted by molar-refractivity contribution is -0.120. The van der Waals surface area contributed by atoms with E-state index in [0.717, 1.165) is 23.4 Å². The van der Waals surface area contributed by atoms with Crippen molar-refractivity contribution < 1.29 is 9.59 Å². The van der Waals surface area contributed by atoms with Gasteiger partial charge in [0, 0.05) is 5.92 Å². The largest absolute Gasteiger partial charge is 0.368 e. The highest BCUT2D eigenvalue weighted by molar-refractivity contribution is 7.13. The van der Waals surface area contributed by atoms with E-state index in [-0.39, 0.29) is 11.8 Å². The van der Waals surface area contributed by atoms with Crippen LogP contribution in [0.2, 0.25) is 0 Å². The number of nitrogens with zero attached hydrogens (tertiary/aromatic N) is 1. The smallest absolute Gasteiger partial charge is 0.263 e. The first-order chi connectivity index (χ1) is 11.4. The van der Waals surface area contributed by atoms with Crippen molar-refractivity contribution in [3.05, 3.63) is 51.5 Å². The van der Waals surface area contributed by atoms with Crippen molar-refractivity contribution >= 4 is 23.2 Å². The molecular weight excluding hydrogens is 322 g/mol. The van der Waals surface area contributed by atoms with Crippen LogP contribution in [0.3, 0.4) is 0 Å². The summed E-state index contributed by atoms with van der Waals surface area (Å²) in [5, 5.41) is 3.72. The van der Waals surface area contributed by atoms with Gasteiger partial charge in [0.1, 0.15) is 10.9 Å². The summed E-state index contributed by atoms with van der Waals surface area (Å²) < 4.78 is 0. The summed E-state index contributed by atoms with van der Waals surface area (Å²) in [7, 11) is 0. The molecule has 0 aliphatic heterocycles. The average molecular weight is 345 g/mol. The summed E-state index contributed by atoms with van der Waals surface area (Å²) in [4.78, 5) is 29.4. The van der Waals surface area contributed by atoms with Gasteiger partial charge in [-0.2, -0.15) is 0 Å². The highest BCUT2D eigenvalue weighted by atomic mass is 32.1. The predicted octanol–water partition coefficient (Wildman–Crippen LogP) is 2.79. The van der Waals surface area contributed by atoms with Crippen LogP contribution in [0, 0.1) is 6.92 Å². The van der Waals surface area contributed by atoms with Gasteiger partial charge in [-0.1, -0.05) is 44.2 Å². The Morgan fingerprint density at radius 1 is 1.29 bits per heavy atom.